The fourth-order valence-electron chi connectivity index (χ4n) is 3.15. The molecule has 26 heavy (non-hydrogen) atoms. The van der Waals surface area contributed by atoms with Crippen molar-refractivity contribution in [1.29, 1.82) is 0 Å². The summed E-state index contributed by atoms with van der Waals surface area (Å²) in [6.45, 7) is 4.59. The molecule has 0 saturated heterocycles. The highest BCUT2D eigenvalue weighted by atomic mass is 32.1. The van der Waals surface area contributed by atoms with Gasteiger partial charge >= 0.3 is 5.97 Å². The molecule has 0 aromatic carbocycles. The maximum absolute atomic E-state index is 12.5. The quantitative estimate of drug-likeness (QED) is 0.642. The summed E-state index contributed by atoms with van der Waals surface area (Å²) in [5.41, 5.74) is 1.16. The number of nitrogens with zero attached hydrogens (tertiary/aromatic N) is 1. The molecule has 1 aliphatic rings. The van der Waals surface area contributed by atoms with E-state index in [1.165, 1.54) is 11.3 Å². The number of carbonyl (C=O) groups is 2. The van der Waals surface area contributed by atoms with Crippen molar-refractivity contribution in [1.82, 2.24) is 4.90 Å². The third kappa shape index (κ3) is 5.51. The van der Waals surface area contributed by atoms with Crippen molar-refractivity contribution >= 4 is 28.2 Å². The topological polar surface area (TPSA) is 88.1 Å². The third-order valence-corrected chi connectivity index (χ3v) is 5.74. The van der Waals surface area contributed by atoms with E-state index in [9.17, 15) is 14.7 Å². The number of fused-ring (bicyclic) bond motifs is 1. The van der Waals surface area contributed by atoms with Crippen LogP contribution >= 0.6 is 11.3 Å². The average molecular weight is 384 g/mol. The number of aromatic carboxylic acids is 1. The zero-order valence-electron chi connectivity index (χ0n) is 15.7. The van der Waals surface area contributed by atoms with Gasteiger partial charge in [0, 0.05) is 32.2 Å². The van der Waals surface area contributed by atoms with Gasteiger partial charge in [0.1, 0.15) is 5.00 Å². The van der Waals surface area contributed by atoms with E-state index in [0.717, 1.165) is 29.7 Å². The van der Waals surface area contributed by atoms with Crippen LogP contribution in [0.15, 0.2) is 0 Å². The Kier molecular flexibility index (Phi) is 8.02. The molecule has 7 nitrogen and oxygen atoms in total. The molecule has 0 fully saturated rings. The van der Waals surface area contributed by atoms with Crippen LogP contribution in [0.25, 0.3) is 0 Å². The van der Waals surface area contributed by atoms with Crippen molar-refractivity contribution in [3.8, 4) is 0 Å². The fraction of sp³-hybridized carbons (Fsp3) is 0.667. The molecule has 1 heterocycles. The second-order valence-electron chi connectivity index (χ2n) is 6.67. The number of carboxylic acid groups (broad SMARTS) is 1. The number of rotatable bonds is 10. The van der Waals surface area contributed by atoms with Gasteiger partial charge in [0.15, 0.2) is 0 Å². The largest absolute Gasteiger partial charge is 0.478 e. The van der Waals surface area contributed by atoms with Crippen molar-refractivity contribution in [2.45, 2.75) is 26.2 Å². The normalized spacial score (nSPS) is 16.5. The monoisotopic (exact) mass is 384 g/mol. The molecule has 2 rings (SSSR count). The maximum Gasteiger partial charge on any atom is 0.339 e. The van der Waals surface area contributed by atoms with Gasteiger partial charge in [-0.15, -0.1) is 11.3 Å². The van der Waals surface area contributed by atoms with Crippen LogP contribution in [0, 0.1) is 5.92 Å². The van der Waals surface area contributed by atoms with Crippen molar-refractivity contribution in [2.75, 3.05) is 52.4 Å². The van der Waals surface area contributed by atoms with E-state index in [0.29, 0.717) is 37.2 Å². The molecule has 2 N–H and O–H groups in total. The maximum atomic E-state index is 12.5. The van der Waals surface area contributed by atoms with Crippen LogP contribution in [-0.2, 0) is 27.1 Å². The van der Waals surface area contributed by atoms with Crippen LogP contribution in [0.3, 0.4) is 0 Å². The lowest BCUT2D eigenvalue weighted by Crippen LogP contribution is -2.37. The lowest BCUT2D eigenvalue weighted by atomic mass is 9.88. The molecule has 0 radical (unpaired) electrons. The van der Waals surface area contributed by atoms with Crippen LogP contribution < -0.4 is 5.32 Å². The predicted octanol–water partition coefficient (Wildman–Crippen LogP) is 2.10. The minimum absolute atomic E-state index is 0.171. The predicted molar refractivity (Wildman–Crippen MR) is 101 cm³/mol. The van der Waals surface area contributed by atoms with E-state index >= 15 is 0 Å². The number of hydrogen-bond acceptors (Lipinski definition) is 6. The highest BCUT2D eigenvalue weighted by Gasteiger charge is 2.28. The Morgan fingerprint density at radius 3 is 2.50 bits per heavy atom. The minimum atomic E-state index is -0.969. The van der Waals surface area contributed by atoms with Crippen molar-refractivity contribution < 1.29 is 24.2 Å². The molecular weight excluding hydrogens is 356 g/mol. The van der Waals surface area contributed by atoms with Gasteiger partial charge in [-0.05, 0) is 30.7 Å². The first kappa shape index (κ1) is 20.8. The van der Waals surface area contributed by atoms with Crippen molar-refractivity contribution in [2.24, 2.45) is 5.92 Å². The molecule has 146 valence electrons. The van der Waals surface area contributed by atoms with E-state index in [-0.39, 0.29) is 18.0 Å². The number of hydrogen-bond donors (Lipinski definition) is 2. The summed E-state index contributed by atoms with van der Waals surface area (Å²) in [4.78, 5) is 27.2. The molecule has 1 unspecified atom stereocenters. The Labute approximate surface area is 158 Å². The van der Waals surface area contributed by atoms with E-state index in [1.54, 1.807) is 14.2 Å². The number of thiophene rings is 1. The smallest absolute Gasteiger partial charge is 0.339 e. The Morgan fingerprint density at radius 1 is 1.27 bits per heavy atom. The Bertz CT molecular complexity index is 623. The SMILES string of the molecule is COCCN(CCOC)CC(=O)Nc1sc2c(c1C(=O)O)CCC(C)C2. The van der Waals surface area contributed by atoms with Gasteiger partial charge in [-0.25, -0.2) is 4.79 Å². The van der Waals surface area contributed by atoms with Crippen LogP contribution in [0.4, 0.5) is 5.00 Å². The van der Waals surface area contributed by atoms with Gasteiger partial charge in [0.25, 0.3) is 0 Å². The Hall–Kier alpha value is -1.48. The fourth-order valence-corrected chi connectivity index (χ4v) is 4.56. The molecular formula is C18H28N2O5S. The molecule has 0 spiro atoms. The first-order valence-corrected chi connectivity index (χ1v) is 9.65. The molecule has 0 saturated carbocycles. The Balaban J connectivity index is 2.08. The zero-order chi connectivity index (χ0) is 19.1. The molecule has 0 aliphatic heterocycles. The van der Waals surface area contributed by atoms with E-state index in [2.05, 4.69) is 12.2 Å². The van der Waals surface area contributed by atoms with Gasteiger partial charge in [0.05, 0.1) is 25.3 Å². The first-order chi connectivity index (χ1) is 12.5. The highest BCUT2D eigenvalue weighted by Crippen LogP contribution is 2.39. The number of amides is 1. The molecule has 1 aromatic heterocycles. The van der Waals surface area contributed by atoms with Crippen LogP contribution in [0.1, 0.15) is 34.1 Å². The second-order valence-corrected chi connectivity index (χ2v) is 7.78. The molecule has 1 atom stereocenters. The molecule has 8 heteroatoms. The summed E-state index contributed by atoms with van der Waals surface area (Å²) < 4.78 is 10.2. The number of anilines is 1. The standard InChI is InChI=1S/C18H28N2O5S/c1-12-4-5-13-14(10-12)26-17(16(13)18(22)23)19-15(21)11-20(6-8-24-2)7-9-25-3/h12H,4-11H2,1-3H3,(H,19,21)(H,22,23). The van der Waals surface area contributed by atoms with E-state index in [4.69, 9.17) is 9.47 Å². The molecule has 1 amide bonds. The number of ether oxygens (including phenoxy) is 2. The van der Waals surface area contributed by atoms with Gasteiger partial charge in [-0.1, -0.05) is 6.92 Å². The summed E-state index contributed by atoms with van der Waals surface area (Å²) in [5.74, 6) is -0.640. The second kappa shape index (κ2) is 10.0. The number of carbonyl (C=O) groups excluding carboxylic acids is 1. The first-order valence-electron chi connectivity index (χ1n) is 8.84. The van der Waals surface area contributed by atoms with Crippen LogP contribution in [-0.4, -0.2) is 69.0 Å². The van der Waals surface area contributed by atoms with E-state index < -0.39 is 5.97 Å². The van der Waals surface area contributed by atoms with Crippen molar-refractivity contribution in [3.63, 3.8) is 0 Å². The van der Waals surface area contributed by atoms with Gasteiger partial charge in [-0.3, -0.25) is 9.69 Å². The lowest BCUT2D eigenvalue weighted by Gasteiger charge is -2.20. The summed E-state index contributed by atoms with van der Waals surface area (Å²) in [5, 5.41) is 12.9. The average Bonchev–Trinajstić information content (AvgIpc) is 2.93. The summed E-state index contributed by atoms with van der Waals surface area (Å²) in [6, 6.07) is 0. The lowest BCUT2D eigenvalue weighted by molar-refractivity contribution is -0.117. The van der Waals surface area contributed by atoms with Gasteiger partial charge in [0.2, 0.25) is 5.91 Å². The minimum Gasteiger partial charge on any atom is -0.478 e. The summed E-state index contributed by atoms with van der Waals surface area (Å²) in [7, 11) is 3.23. The van der Waals surface area contributed by atoms with E-state index in [1.807, 2.05) is 4.90 Å². The van der Waals surface area contributed by atoms with Crippen molar-refractivity contribution in [3.05, 3.63) is 16.0 Å². The number of methoxy groups -OCH3 is 2. The molecule has 1 aromatic rings. The zero-order valence-corrected chi connectivity index (χ0v) is 16.5. The number of nitrogens with one attached hydrogen (secondary N) is 1. The van der Waals surface area contributed by atoms with Gasteiger partial charge < -0.3 is 19.9 Å². The summed E-state index contributed by atoms with van der Waals surface area (Å²) >= 11 is 1.40. The molecule has 0 bridgehead atoms. The highest BCUT2D eigenvalue weighted by molar-refractivity contribution is 7.17. The molecule has 1 aliphatic carbocycles. The third-order valence-electron chi connectivity index (χ3n) is 4.57. The Morgan fingerprint density at radius 2 is 1.92 bits per heavy atom. The van der Waals surface area contributed by atoms with Crippen LogP contribution in [0.5, 0.6) is 0 Å². The van der Waals surface area contributed by atoms with Crippen LogP contribution in [0.2, 0.25) is 0 Å². The number of carboxylic acids is 1. The van der Waals surface area contributed by atoms with Gasteiger partial charge in [-0.2, -0.15) is 0 Å². The summed E-state index contributed by atoms with van der Waals surface area (Å²) in [6.07, 6.45) is 2.63.